The minimum Gasteiger partial charge on any atom is -0.382 e. The molecule has 0 bridgehead atoms. The van der Waals surface area contributed by atoms with Crippen LogP contribution in [0, 0.1) is 0 Å². The van der Waals surface area contributed by atoms with Crippen LogP contribution in [0.1, 0.15) is 16.2 Å². The lowest BCUT2D eigenvalue weighted by atomic mass is 10.3. The molecular weight excluding hydrogens is 281 g/mol. The second-order valence-corrected chi connectivity index (χ2v) is 3.21. The molecule has 0 radical (unpaired) electrons. The molecule has 0 aromatic carbocycles. The Bertz CT molecular complexity index is 420. The van der Waals surface area contributed by atoms with Gasteiger partial charge in [-0.05, 0) is 15.9 Å². The van der Waals surface area contributed by atoms with Crippen LogP contribution in [0.5, 0.6) is 0 Å². The van der Waals surface area contributed by atoms with Crippen molar-refractivity contribution in [3.05, 3.63) is 16.0 Å². The summed E-state index contributed by atoms with van der Waals surface area (Å²) in [6.45, 7) is 0. The fourth-order valence-electron chi connectivity index (χ4n) is 0.790. The summed E-state index contributed by atoms with van der Waals surface area (Å²) >= 11 is 2.53. The number of hydrogen-bond donors (Lipinski definition) is 2. The molecule has 5 nitrogen and oxygen atoms in total. The summed E-state index contributed by atoms with van der Waals surface area (Å²) in [5, 5.41) is 0. The van der Waals surface area contributed by atoms with Gasteiger partial charge >= 0.3 is 6.18 Å². The van der Waals surface area contributed by atoms with Crippen LogP contribution in [-0.2, 0) is 6.18 Å². The monoisotopic (exact) mass is 284 g/mol. The van der Waals surface area contributed by atoms with Crippen LogP contribution in [0.25, 0.3) is 0 Å². The highest BCUT2D eigenvalue weighted by Crippen LogP contribution is 2.33. The molecule has 0 saturated heterocycles. The van der Waals surface area contributed by atoms with Crippen LogP contribution in [0.3, 0.4) is 0 Å². The summed E-state index contributed by atoms with van der Waals surface area (Å²) in [5.74, 6) is -1.70. The Balaban J connectivity index is 3.39. The summed E-state index contributed by atoms with van der Waals surface area (Å²) in [7, 11) is 0. The molecule has 1 aromatic heterocycles. The summed E-state index contributed by atoms with van der Waals surface area (Å²) in [6, 6.07) is 0. The van der Waals surface area contributed by atoms with Gasteiger partial charge in [0.25, 0.3) is 5.91 Å². The molecule has 1 heterocycles. The summed E-state index contributed by atoms with van der Waals surface area (Å²) < 4.78 is 36.1. The average molecular weight is 285 g/mol. The number of amides is 1. The topological polar surface area (TPSA) is 94.9 Å². The highest BCUT2D eigenvalue weighted by atomic mass is 79.9. The third-order valence-corrected chi connectivity index (χ3v) is 1.94. The molecule has 1 aromatic rings. The third-order valence-electron chi connectivity index (χ3n) is 1.38. The second kappa shape index (κ2) is 3.65. The maximum atomic E-state index is 12.3. The van der Waals surface area contributed by atoms with E-state index in [0.717, 1.165) is 0 Å². The molecule has 0 aliphatic heterocycles. The van der Waals surface area contributed by atoms with Gasteiger partial charge in [-0.1, -0.05) is 0 Å². The van der Waals surface area contributed by atoms with E-state index in [-0.39, 0.29) is 0 Å². The molecule has 0 fully saturated rings. The Labute approximate surface area is 89.8 Å². The molecule has 4 N–H and O–H groups in total. The minimum absolute atomic E-state index is 0.505. The molecule has 0 aliphatic carbocycles. The van der Waals surface area contributed by atoms with Crippen LogP contribution in [0.4, 0.5) is 19.0 Å². The lowest BCUT2D eigenvalue weighted by Gasteiger charge is -2.09. The van der Waals surface area contributed by atoms with E-state index in [1.54, 1.807) is 0 Å². The predicted octanol–water partition coefficient (Wildman–Crippen LogP) is 0.939. The van der Waals surface area contributed by atoms with Crippen LogP contribution >= 0.6 is 15.9 Å². The van der Waals surface area contributed by atoms with E-state index in [9.17, 15) is 18.0 Å². The third kappa shape index (κ3) is 2.35. The van der Waals surface area contributed by atoms with Gasteiger partial charge in [0.15, 0.2) is 17.2 Å². The number of primary amides is 1. The van der Waals surface area contributed by atoms with Crippen molar-refractivity contribution in [2.24, 2.45) is 5.73 Å². The zero-order valence-electron chi connectivity index (χ0n) is 6.97. The van der Waals surface area contributed by atoms with E-state index in [2.05, 4.69) is 25.9 Å². The molecule has 9 heteroatoms. The van der Waals surface area contributed by atoms with E-state index < -0.39 is 33.9 Å². The smallest absolute Gasteiger partial charge is 0.382 e. The molecular formula is C6H4BrF3N4O. The van der Waals surface area contributed by atoms with Crippen molar-refractivity contribution in [2.75, 3.05) is 5.73 Å². The number of aromatic nitrogens is 2. The molecule has 0 unspecified atom stereocenters. The largest absolute Gasteiger partial charge is 0.436 e. The van der Waals surface area contributed by atoms with Crippen LogP contribution in [0.15, 0.2) is 4.60 Å². The molecule has 1 rings (SSSR count). The number of nitrogen functional groups attached to an aromatic ring is 1. The maximum Gasteiger partial charge on any atom is 0.436 e. The van der Waals surface area contributed by atoms with Crippen molar-refractivity contribution in [1.29, 1.82) is 0 Å². The fourth-order valence-corrected chi connectivity index (χ4v) is 1.28. The summed E-state index contributed by atoms with van der Waals surface area (Å²) in [6.07, 6.45) is -4.70. The first-order valence-electron chi connectivity index (χ1n) is 3.43. The highest BCUT2D eigenvalue weighted by Gasteiger charge is 2.37. The van der Waals surface area contributed by atoms with E-state index in [1.165, 1.54) is 0 Å². The first kappa shape index (κ1) is 11.7. The van der Waals surface area contributed by atoms with Gasteiger partial charge in [0.1, 0.15) is 4.60 Å². The molecule has 1 amide bonds. The summed E-state index contributed by atoms with van der Waals surface area (Å²) in [4.78, 5) is 17.0. The van der Waals surface area contributed by atoms with Crippen molar-refractivity contribution in [2.45, 2.75) is 6.18 Å². The number of carbonyl (C=O) groups is 1. The van der Waals surface area contributed by atoms with E-state index >= 15 is 0 Å². The van der Waals surface area contributed by atoms with Gasteiger partial charge in [0.05, 0.1) is 0 Å². The van der Waals surface area contributed by atoms with Crippen molar-refractivity contribution in [1.82, 2.24) is 9.97 Å². The van der Waals surface area contributed by atoms with Crippen LogP contribution < -0.4 is 11.5 Å². The van der Waals surface area contributed by atoms with E-state index in [0.29, 0.717) is 0 Å². The first-order valence-corrected chi connectivity index (χ1v) is 4.22. The first-order chi connectivity index (χ1) is 6.73. The number of nitrogens with zero attached hydrogens (tertiary/aromatic N) is 2. The Kier molecular flexibility index (Phi) is 2.84. The van der Waals surface area contributed by atoms with Gasteiger partial charge in [0.2, 0.25) is 0 Å². The molecule has 0 saturated carbocycles. The Morgan fingerprint density at radius 3 is 2.27 bits per heavy atom. The van der Waals surface area contributed by atoms with Gasteiger partial charge in [-0.3, -0.25) is 4.79 Å². The quantitative estimate of drug-likeness (QED) is 0.802. The lowest BCUT2D eigenvalue weighted by Crippen LogP contribution is -2.20. The van der Waals surface area contributed by atoms with Gasteiger partial charge < -0.3 is 11.5 Å². The Morgan fingerprint density at radius 2 is 1.87 bits per heavy atom. The SMILES string of the molecule is NC(=O)c1nc(Br)c(C(F)(F)F)nc1N. The van der Waals surface area contributed by atoms with E-state index in [4.69, 9.17) is 11.5 Å². The number of alkyl halides is 3. The van der Waals surface area contributed by atoms with Crippen molar-refractivity contribution in [3.8, 4) is 0 Å². The predicted molar refractivity (Wildman–Crippen MR) is 47.7 cm³/mol. The normalized spacial score (nSPS) is 11.5. The number of anilines is 1. The van der Waals surface area contributed by atoms with Crippen molar-refractivity contribution < 1.29 is 18.0 Å². The molecule has 15 heavy (non-hydrogen) atoms. The zero-order chi connectivity index (χ0) is 11.8. The van der Waals surface area contributed by atoms with Crippen molar-refractivity contribution in [3.63, 3.8) is 0 Å². The van der Waals surface area contributed by atoms with Gasteiger partial charge in [0, 0.05) is 0 Å². The standard InChI is InChI=1S/C6H4BrF3N4O/c7-3-2(6(8,9)10)14-4(11)1(13-3)5(12)15/h(H2,11,14)(H2,12,15). The van der Waals surface area contributed by atoms with Gasteiger partial charge in [-0.15, -0.1) is 0 Å². The lowest BCUT2D eigenvalue weighted by molar-refractivity contribution is -0.142. The average Bonchev–Trinajstić information content (AvgIpc) is 2.06. The van der Waals surface area contributed by atoms with E-state index in [1.807, 2.05) is 0 Å². The minimum atomic E-state index is -4.70. The molecule has 0 spiro atoms. The number of carbonyl (C=O) groups excluding carboxylic acids is 1. The molecule has 0 aliphatic rings. The van der Waals surface area contributed by atoms with Gasteiger partial charge in [-0.25, -0.2) is 9.97 Å². The number of rotatable bonds is 1. The second-order valence-electron chi connectivity index (χ2n) is 2.46. The zero-order valence-corrected chi connectivity index (χ0v) is 8.56. The van der Waals surface area contributed by atoms with Crippen molar-refractivity contribution >= 4 is 27.7 Å². The Hall–Kier alpha value is -1.38. The van der Waals surface area contributed by atoms with Crippen LogP contribution in [-0.4, -0.2) is 15.9 Å². The Morgan fingerprint density at radius 1 is 1.33 bits per heavy atom. The highest BCUT2D eigenvalue weighted by molar-refractivity contribution is 9.10. The number of hydrogen-bond acceptors (Lipinski definition) is 4. The molecule has 0 atom stereocenters. The fraction of sp³-hybridized carbons (Fsp3) is 0.167. The number of nitrogens with two attached hydrogens (primary N) is 2. The van der Waals surface area contributed by atoms with Crippen LogP contribution in [0.2, 0.25) is 0 Å². The number of halogens is 4. The summed E-state index contributed by atoms with van der Waals surface area (Å²) in [5.41, 5.74) is 8.11. The molecule has 82 valence electrons. The maximum absolute atomic E-state index is 12.3. The van der Waals surface area contributed by atoms with Gasteiger partial charge in [-0.2, -0.15) is 13.2 Å².